The van der Waals surface area contributed by atoms with E-state index in [-0.39, 0.29) is 24.3 Å². The van der Waals surface area contributed by atoms with Gasteiger partial charge in [-0.3, -0.25) is 28.5 Å². The third kappa shape index (κ3) is 7.01. The van der Waals surface area contributed by atoms with Crippen LogP contribution in [0.1, 0.15) is 18.7 Å². The Labute approximate surface area is 205 Å². The first-order valence-corrected chi connectivity index (χ1v) is 12.3. The van der Waals surface area contributed by atoms with Gasteiger partial charge in [-0.1, -0.05) is 24.3 Å². The summed E-state index contributed by atoms with van der Waals surface area (Å²) in [5, 5.41) is 2.52. The highest BCUT2D eigenvalue weighted by Gasteiger charge is 2.34. The van der Waals surface area contributed by atoms with Gasteiger partial charge in [-0.15, -0.1) is 0 Å². The number of carbonyl (C=O) groups is 2. The van der Waals surface area contributed by atoms with Gasteiger partial charge in [0.1, 0.15) is 17.9 Å². The summed E-state index contributed by atoms with van der Waals surface area (Å²) in [6.45, 7) is 1.16. The molecule has 0 saturated heterocycles. The molecule has 1 aliphatic heterocycles. The lowest BCUT2D eigenvalue weighted by atomic mass is 10.2. The van der Waals surface area contributed by atoms with E-state index in [2.05, 4.69) is 19.5 Å². The maximum absolute atomic E-state index is 13.4. The van der Waals surface area contributed by atoms with E-state index in [1.807, 2.05) is 0 Å². The summed E-state index contributed by atoms with van der Waals surface area (Å²) < 4.78 is 40.6. The molecule has 2 aromatic rings. The van der Waals surface area contributed by atoms with Crippen LogP contribution < -0.4 is 20.9 Å². The number of hydrogen-bond acceptors (Lipinski definition) is 10. The van der Waals surface area contributed by atoms with E-state index in [0.717, 1.165) is 4.57 Å². The van der Waals surface area contributed by atoms with Crippen LogP contribution >= 0.6 is 7.75 Å². The van der Waals surface area contributed by atoms with Crippen LogP contribution in [0.15, 0.2) is 58.3 Å². The third-order valence-electron chi connectivity index (χ3n) is 4.97. The Bertz CT molecular complexity index is 1270. The maximum Gasteiger partial charge on any atom is 0.459 e. The predicted molar refractivity (Wildman–Crippen MR) is 125 cm³/mol. The number of ether oxygens (including phenoxy) is 3. The van der Waals surface area contributed by atoms with Crippen LogP contribution in [0.25, 0.3) is 0 Å². The molecule has 1 aromatic carbocycles. The van der Waals surface area contributed by atoms with Gasteiger partial charge in [0.2, 0.25) is 0 Å². The Kier molecular flexibility index (Phi) is 8.99. The lowest BCUT2D eigenvalue weighted by molar-refractivity contribution is -0.142. The molecule has 0 spiro atoms. The number of H-pyrrole nitrogens is 1. The van der Waals surface area contributed by atoms with Gasteiger partial charge in [-0.25, -0.2) is 9.36 Å². The van der Waals surface area contributed by atoms with Crippen LogP contribution in [-0.2, 0) is 39.3 Å². The zero-order valence-electron chi connectivity index (χ0n) is 19.7. The molecule has 14 heteroatoms. The molecule has 0 amide bonds. The van der Waals surface area contributed by atoms with Crippen molar-refractivity contribution >= 4 is 19.7 Å². The largest absolute Gasteiger partial charge is 0.469 e. The van der Waals surface area contributed by atoms with Crippen molar-refractivity contribution in [3.63, 3.8) is 0 Å². The van der Waals surface area contributed by atoms with Crippen molar-refractivity contribution in [1.82, 2.24) is 14.6 Å². The molecular weight excluding hydrogens is 497 g/mol. The first-order valence-electron chi connectivity index (χ1n) is 10.7. The summed E-state index contributed by atoms with van der Waals surface area (Å²) in [6.07, 6.45) is 2.27. The number of hydrogen-bond donors (Lipinski definition) is 2. The quantitative estimate of drug-likeness (QED) is 0.246. The fourth-order valence-corrected chi connectivity index (χ4v) is 4.66. The standard InChI is InChI=1S/C22H26N3O10P/c1-14(21(28)32-3)24-36(30,35-16-7-5-4-6-8-16)33-13-17-9-10-18(34-17)25-12-15(11-19(26)31-2)20(27)23-22(25)29/h4-10,12,14,17-18H,11,13H2,1-3H3,(H,24,30)(H,23,27,29)/t14-,17-,18+,36?/m0/s1. The van der Waals surface area contributed by atoms with E-state index < -0.39 is 49.3 Å². The smallest absolute Gasteiger partial charge is 0.459 e. The molecule has 36 heavy (non-hydrogen) atoms. The van der Waals surface area contributed by atoms with Crippen LogP contribution in [0.2, 0.25) is 0 Å². The summed E-state index contributed by atoms with van der Waals surface area (Å²) in [4.78, 5) is 49.8. The minimum Gasteiger partial charge on any atom is -0.469 e. The Balaban J connectivity index is 1.71. The first-order chi connectivity index (χ1) is 17.1. The molecule has 0 fully saturated rings. The van der Waals surface area contributed by atoms with Crippen molar-refractivity contribution in [2.24, 2.45) is 0 Å². The molecule has 2 N–H and O–H groups in total. The molecule has 1 unspecified atom stereocenters. The number of benzene rings is 1. The topological polar surface area (TPSA) is 164 Å². The lowest BCUT2D eigenvalue weighted by Crippen LogP contribution is -2.36. The highest BCUT2D eigenvalue weighted by atomic mass is 31.2. The summed E-state index contributed by atoms with van der Waals surface area (Å²) in [5.41, 5.74) is -1.45. The van der Waals surface area contributed by atoms with Crippen molar-refractivity contribution in [1.29, 1.82) is 0 Å². The zero-order valence-corrected chi connectivity index (χ0v) is 20.6. The fraction of sp³-hybridized carbons (Fsp3) is 0.364. The Morgan fingerprint density at radius 3 is 2.56 bits per heavy atom. The molecule has 0 radical (unpaired) electrons. The number of methoxy groups -OCH3 is 2. The first kappa shape index (κ1) is 27.1. The van der Waals surface area contributed by atoms with Gasteiger partial charge < -0.3 is 18.7 Å². The average Bonchev–Trinajstić information content (AvgIpc) is 3.33. The highest BCUT2D eigenvalue weighted by Crippen LogP contribution is 2.45. The van der Waals surface area contributed by atoms with E-state index in [0.29, 0.717) is 0 Å². The van der Waals surface area contributed by atoms with Gasteiger partial charge in [0.15, 0.2) is 6.23 Å². The zero-order chi connectivity index (χ0) is 26.3. The fourth-order valence-electron chi connectivity index (χ4n) is 3.16. The second-order valence-electron chi connectivity index (χ2n) is 7.60. The third-order valence-corrected chi connectivity index (χ3v) is 6.61. The van der Waals surface area contributed by atoms with Crippen molar-refractivity contribution in [2.45, 2.75) is 31.7 Å². The van der Waals surface area contributed by atoms with Crippen LogP contribution in [0.4, 0.5) is 0 Å². The molecule has 0 bridgehead atoms. The van der Waals surface area contributed by atoms with Crippen molar-refractivity contribution in [3.05, 3.63) is 75.1 Å². The van der Waals surface area contributed by atoms with Gasteiger partial charge in [-0.05, 0) is 25.1 Å². The minimum absolute atomic E-state index is 0.0138. The number of carbonyl (C=O) groups excluding carboxylic acids is 2. The van der Waals surface area contributed by atoms with Crippen LogP contribution in [-0.4, -0.2) is 54.5 Å². The van der Waals surface area contributed by atoms with Gasteiger partial charge >= 0.3 is 25.4 Å². The van der Waals surface area contributed by atoms with Gasteiger partial charge in [0.25, 0.3) is 5.56 Å². The molecule has 1 aromatic heterocycles. The van der Waals surface area contributed by atoms with E-state index in [1.165, 1.54) is 33.4 Å². The summed E-state index contributed by atoms with van der Waals surface area (Å²) in [6, 6.07) is 7.22. The van der Waals surface area contributed by atoms with E-state index in [1.54, 1.807) is 36.4 Å². The summed E-state index contributed by atoms with van der Waals surface area (Å²) in [7, 11) is -1.71. The molecule has 13 nitrogen and oxygen atoms in total. The number of nitrogens with one attached hydrogen (secondary N) is 2. The number of aromatic nitrogens is 2. The predicted octanol–water partition coefficient (Wildman–Crippen LogP) is 1.06. The van der Waals surface area contributed by atoms with Crippen LogP contribution in [0.3, 0.4) is 0 Å². The van der Waals surface area contributed by atoms with Crippen LogP contribution in [0.5, 0.6) is 5.75 Å². The number of esters is 2. The Hall–Kier alpha value is -3.51. The number of para-hydroxylation sites is 1. The molecule has 194 valence electrons. The van der Waals surface area contributed by atoms with E-state index in [9.17, 15) is 23.7 Å². The average molecular weight is 523 g/mol. The second kappa shape index (κ2) is 12.0. The number of rotatable bonds is 11. The molecular formula is C22H26N3O10P. The Morgan fingerprint density at radius 1 is 1.17 bits per heavy atom. The second-order valence-corrected chi connectivity index (χ2v) is 9.29. The van der Waals surface area contributed by atoms with Gasteiger partial charge in [0, 0.05) is 11.8 Å². The normalized spacial score (nSPS) is 19.3. The van der Waals surface area contributed by atoms with E-state index >= 15 is 0 Å². The maximum atomic E-state index is 13.4. The molecule has 1 aliphatic rings. The highest BCUT2D eigenvalue weighted by molar-refractivity contribution is 7.52. The van der Waals surface area contributed by atoms with Crippen molar-refractivity contribution in [2.75, 3.05) is 20.8 Å². The van der Waals surface area contributed by atoms with Gasteiger partial charge in [0.05, 0.1) is 27.2 Å². The monoisotopic (exact) mass is 523 g/mol. The number of nitrogens with zero attached hydrogens (tertiary/aromatic N) is 1. The number of aromatic amines is 1. The molecule has 0 saturated carbocycles. The SMILES string of the molecule is COC(=O)Cc1cn([C@H]2C=C[C@@H](COP(=O)(N[C@@H](C)C(=O)OC)Oc3ccccc3)O2)c(=O)[nH]c1=O. The molecule has 0 aliphatic carbocycles. The van der Waals surface area contributed by atoms with Crippen LogP contribution in [0, 0.1) is 0 Å². The van der Waals surface area contributed by atoms with Gasteiger partial charge in [-0.2, -0.15) is 5.09 Å². The van der Waals surface area contributed by atoms with E-state index in [4.69, 9.17) is 13.8 Å². The Morgan fingerprint density at radius 2 is 1.89 bits per heavy atom. The summed E-state index contributed by atoms with van der Waals surface area (Å²) >= 11 is 0. The molecule has 3 rings (SSSR count). The molecule has 2 heterocycles. The minimum atomic E-state index is -4.08. The van der Waals surface area contributed by atoms with Crippen molar-refractivity contribution < 1.29 is 37.4 Å². The lowest BCUT2D eigenvalue weighted by Gasteiger charge is -2.24. The summed E-state index contributed by atoms with van der Waals surface area (Å²) in [5.74, 6) is -1.08. The molecule has 4 atom stereocenters. The van der Waals surface area contributed by atoms with Crippen molar-refractivity contribution in [3.8, 4) is 5.75 Å².